The van der Waals surface area contributed by atoms with Gasteiger partial charge in [-0.2, -0.15) is 23.7 Å². The third kappa shape index (κ3) is 3.30. The van der Waals surface area contributed by atoms with E-state index >= 15 is 0 Å². The molecule has 0 bridgehead atoms. The summed E-state index contributed by atoms with van der Waals surface area (Å²) in [4.78, 5) is 7.91. The van der Waals surface area contributed by atoms with Crippen LogP contribution in [0.4, 0.5) is 13.2 Å². The van der Waals surface area contributed by atoms with Crippen molar-refractivity contribution in [3.8, 4) is 12.1 Å². The Morgan fingerprint density at radius 3 is 2.38 bits per heavy atom. The van der Waals surface area contributed by atoms with E-state index in [2.05, 4.69) is 9.97 Å². The monoisotopic (exact) mass is 306 g/mol. The van der Waals surface area contributed by atoms with Crippen LogP contribution in [0.5, 0.6) is 0 Å². The number of hydrogen-bond acceptors (Lipinski definition) is 5. The summed E-state index contributed by atoms with van der Waals surface area (Å²) in [7, 11) is 0. The molecule has 1 aromatic heterocycles. The standard InChI is InChI=1S/C13H5F3N4S/c14-13(15,16)10-5-9(2-1-8(10)6-17)21-12-11(7-18)19-3-4-20-12/h1-5H. The Kier molecular flexibility index (Phi) is 4.10. The summed E-state index contributed by atoms with van der Waals surface area (Å²) < 4.78 is 38.6. The van der Waals surface area contributed by atoms with Gasteiger partial charge in [-0.1, -0.05) is 11.8 Å². The maximum atomic E-state index is 12.9. The summed E-state index contributed by atoms with van der Waals surface area (Å²) in [6.07, 6.45) is -1.96. The van der Waals surface area contributed by atoms with Crippen molar-refractivity contribution in [3.05, 3.63) is 47.4 Å². The number of aromatic nitrogens is 2. The first kappa shape index (κ1) is 14.8. The molecule has 1 aromatic carbocycles. The van der Waals surface area contributed by atoms with Gasteiger partial charge in [0.2, 0.25) is 0 Å². The van der Waals surface area contributed by atoms with Crippen molar-refractivity contribution in [2.45, 2.75) is 16.1 Å². The molecule has 104 valence electrons. The molecule has 8 heteroatoms. The smallest absolute Gasteiger partial charge is 0.245 e. The van der Waals surface area contributed by atoms with Gasteiger partial charge >= 0.3 is 6.18 Å². The van der Waals surface area contributed by atoms with Crippen LogP contribution in [0, 0.1) is 22.7 Å². The van der Waals surface area contributed by atoms with Crippen molar-refractivity contribution in [1.82, 2.24) is 9.97 Å². The summed E-state index contributed by atoms with van der Waals surface area (Å²) in [5, 5.41) is 17.8. The lowest BCUT2D eigenvalue weighted by molar-refractivity contribution is -0.137. The Morgan fingerprint density at radius 2 is 1.76 bits per heavy atom. The van der Waals surface area contributed by atoms with E-state index in [1.54, 1.807) is 0 Å². The number of halogens is 3. The first-order valence-corrected chi connectivity index (χ1v) is 6.27. The second-order valence-electron chi connectivity index (χ2n) is 3.74. The van der Waals surface area contributed by atoms with E-state index in [0.29, 0.717) is 0 Å². The van der Waals surface area contributed by atoms with Crippen LogP contribution in [0.2, 0.25) is 0 Å². The minimum Gasteiger partial charge on any atom is -0.245 e. The van der Waals surface area contributed by atoms with Gasteiger partial charge in [0.05, 0.1) is 17.2 Å². The van der Waals surface area contributed by atoms with Crippen molar-refractivity contribution in [2.75, 3.05) is 0 Å². The van der Waals surface area contributed by atoms with E-state index in [1.807, 2.05) is 6.07 Å². The molecule has 1 heterocycles. The van der Waals surface area contributed by atoms with Crippen LogP contribution in [0.1, 0.15) is 16.8 Å². The van der Waals surface area contributed by atoms with E-state index in [9.17, 15) is 13.2 Å². The minimum absolute atomic E-state index is 0.0282. The van der Waals surface area contributed by atoms with Crippen LogP contribution >= 0.6 is 11.8 Å². The summed E-state index contributed by atoms with van der Waals surface area (Å²) in [5.74, 6) is 0. The van der Waals surface area contributed by atoms with Crippen molar-refractivity contribution in [3.63, 3.8) is 0 Å². The summed E-state index contributed by atoms with van der Waals surface area (Å²) in [6, 6.07) is 6.64. The summed E-state index contributed by atoms with van der Waals surface area (Å²) in [5.41, 5.74) is -1.44. The highest BCUT2D eigenvalue weighted by Gasteiger charge is 2.33. The van der Waals surface area contributed by atoms with Crippen LogP contribution in [0.3, 0.4) is 0 Å². The molecule has 2 aromatic rings. The molecule has 0 fully saturated rings. The van der Waals surface area contributed by atoms with Gasteiger partial charge in [0, 0.05) is 17.3 Å². The molecule has 0 saturated heterocycles. The lowest BCUT2D eigenvalue weighted by atomic mass is 10.1. The Labute approximate surface area is 121 Å². The fraction of sp³-hybridized carbons (Fsp3) is 0.0769. The molecule has 2 rings (SSSR count). The van der Waals surface area contributed by atoms with Crippen LogP contribution in [0.15, 0.2) is 40.5 Å². The minimum atomic E-state index is -4.62. The number of alkyl halides is 3. The van der Waals surface area contributed by atoms with Crippen LogP contribution in [-0.2, 0) is 6.18 Å². The fourth-order valence-corrected chi connectivity index (χ4v) is 2.35. The third-order valence-electron chi connectivity index (χ3n) is 2.40. The molecule has 0 saturated carbocycles. The Balaban J connectivity index is 2.43. The SMILES string of the molecule is N#Cc1ccc(Sc2nccnc2C#N)cc1C(F)(F)F. The van der Waals surface area contributed by atoms with E-state index in [1.165, 1.54) is 24.5 Å². The summed E-state index contributed by atoms with van der Waals surface area (Å²) >= 11 is 0.883. The average Bonchev–Trinajstić information content (AvgIpc) is 2.47. The Bertz CT molecular complexity index is 759. The second kappa shape index (κ2) is 5.81. The largest absolute Gasteiger partial charge is 0.417 e. The zero-order valence-corrected chi connectivity index (χ0v) is 11.0. The predicted molar refractivity (Wildman–Crippen MR) is 67.0 cm³/mol. The highest BCUT2D eigenvalue weighted by molar-refractivity contribution is 7.99. The molecule has 4 nitrogen and oxygen atoms in total. The molecule has 0 unspecified atom stereocenters. The molecule has 0 aliphatic rings. The third-order valence-corrected chi connectivity index (χ3v) is 3.38. The number of rotatable bonds is 2. The zero-order valence-electron chi connectivity index (χ0n) is 10.2. The highest BCUT2D eigenvalue weighted by Crippen LogP contribution is 2.36. The fourth-order valence-electron chi connectivity index (χ4n) is 1.51. The van der Waals surface area contributed by atoms with E-state index in [0.717, 1.165) is 23.9 Å². The molecule has 0 amide bonds. The van der Waals surface area contributed by atoms with Crippen molar-refractivity contribution >= 4 is 11.8 Å². The lowest BCUT2D eigenvalue weighted by Gasteiger charge is -2.10. The number of nitrogens with zero attached hydrogens (tertiary/aromatic N) is 4. The maximum absolute atomic E-state index is 12.9. The van der Waals surface area contributed by atoms with Gasteiger partial charge in [0.15, 0.2) is 5.69 Å². The summed E-state index contributed by atoms with van der Waals surface area (Å²) in [6.45, 7) is 0. The van der Waals surface area contributed by atoms with Crippen LogP contribution < -0.4 is 0 Å². The highest BCUT2D eigenvalue weighted by atomic mass is 32.2. The normalized spacial score (nSPS) is 10.7. The molecule has 0 aliphatic carbocycles. The molecule has 0 atom stereocenters. The van der Waals surface area contributed by atoms with Gasteiger partial charge in [0.25, 0.3) is 0 Å². The van der Waals surface area contributed by atoms with E-state index in [4.69, 9.17) is 10.5 Å². The number of nitriles is 2. The van der Waals surface area contributed by atoms with Gasteiger partial charge < -0.3 is 0 Å². The lowest BCUT2D eigenvalue weighted by Crippen LogP contribution is -2.07. The average molecular weight is 306 g/mol. The van der Waals surface area contributed by atoms with Gasteiger partial charge in [-0.3, -0.25) is 0 Å². The molecule has 0 N–H and O–H groups in total. The topological polar surface area (TPSA) is 73.4 Å². The first-order chi connectivity index (χ1) is 9.95. The first-order valence-electron chi connectivity index (χ1n) is 5.46. The molecular formula is C13H5F3N4S. The predicted octanol–water partition coefficient (Wildman–Crippen LogP) is 3.39. The zero-order chi connectivity index (χ0) is 15.5. The van der Waals surface area contributed by atoms with Crippen LogP contribution in [-0.4, -0.2) is 9.97 Å². The van der Waals surface area contributed by atoms with E-state index < -0.39 is 17.3 Å². The van der Waals surface area contributed by atoms with Gasteiger partial charge in [-0.05, 0) is 18.2 Å². The molecule has 21 heavy (non-hydrogen) atoms. The van der Waals surface area contributed by atoms with Crippen molar-refractivity contribution < 1.29 is 13.2 Å². The Morgan fingerprint density at radius 1 is 1.05 bits per heavy atom. The molecular weight excluding hydrogens is 301 g/mol. The van der Waals surface area contributed by atoms with Gasteiger partial charge in [-0.15, -0.1) is 0 Å². The van der Waals surface area contributed by atoms with Crippen molar-refractivity contribution in [2.24, 2.45) is 0 Å². The molecule has 0 spiro atoms. The molecule has 0 radical (unpaired) electrons. The van der Waals surface area contributed by atoms with Gasteiger partial charge in [-0.25, -0.2) is 9.97 Å². The van der Waals surface area contributed by atoms with Crippen LogP contribution in [0.25, 0.3) is 0 Å². The van der Waals surface area contributed by atoms with E-state index in [-0.39, 0.29) is 15.6 Å². The number of hydrogen-bond donors (Lipinski definition) is 0. The maximum Gasteiger partial charge on any atom is 0.417 e. The Hall–Kier alpha value is -2.58. The quantitative estimate of drug-likeness (QED) is 0.850. The molecule has 0 aliphatic heterocycles. The second-order valence-corrected chi connectivity index (χ2v) is 4.80. The van der Waals surface area contributed by atoms with Crippen molar-refractivity contribution in [1.29, 1.82) is 10.5 Å². The van der Waals surface area contributed by atoms with Gasteiger partial charge in [0.1, 0.15) is 11.1 Å². The number of benzene rings is 1.